The molecule has 0 aromatic heterocycles. The summed E-state index contributed by atoms with van der Waals surface area (Å²) in [5.41, 5.74) is 2.62. The fraction of sp³-hybridized carbons (Fsp3) is 0.259. The number of anilines is 3. The van der Waals surface area contributed by atoms with Crippen LogP contribution in [0.5, 0.6) is 11.5 Å². The number of nitrogens with one attached hydrogen (secondary N) is 1. The van der Waals surface area contributed by atoms with Gasteiger partial charge in [-0.2, -0.15) is 0 Å². The quantitative estimate of drug-likeness (QED) is 0.580. The van der Waals surface area contributed by atoms with Crippen molar-refractivity contribution < 1.29 is 14.3 Å². The molecule has 0 spiro atoms. The second kappa shape index (κ2) is 9.36. The first-order valence-corrected chi connectivity index (χ1v) is 11.5. The van der Waals surface area contributed by atoms with Gasteiger partial charge in [-0.1, -0.05) is 30.3 Å². The maximum Gasteiger partial charge on any atom is 0.229 e. The molecule has 0 radical (unpaired) electrons. The van der Waals surface area contributed by atoms with Gasteiger partial charge >= 0.3 is 0 Å². The number of para-hydroxylation sites is 3. The van der Waals surface area contributed by atoms with Crippen LogP contribution in [-0.4, -0.2) is 31.4 Å². The highest BCUT2D eigenvalue weighted by atomic mass is 16.5. The summed E-state index contributed by atoms with van der Waals surface area (Å²) >= 11 is 0. The van der Waals surface area contributed by atoms with Crippen molar-refractivity contribution in [1.82, 2.24) is 0 Å². The van der Waals surface area contributed by atoms with Crippen molar-refractivity contribution in [2.75, 3.05) is 34.8 Å². The van der Waals surface area contributed by atoms with Crippen LogP contribution in [0.4, 0.5) is 17.1 Å². The van der Waals surface area contributed by atoms with Crippen LogP contribution in [0.25, 0.3) is 0 Å². The monoisotopic (exact) mass is 441 g/mol. The molecule has 3 aromatic rings. The first-order valence-electron chi connectivity index (χ1n) is 11.5. The van der Waals surface area contributed by atoms with Gasteiger partial charge in [0.1, 0.15) is 5.75 Å². The Morgan fingerprint density at radius 1 is 0.848 bits per heavy atom. The molecule has 2 heterocycles. The van der Waals surface area contributed by atoms with Crippen molar-refractivity contribution in [3.05, 3.63) is 78.9 Å². The second-order valence-corrected chi connectivity index (χ2v) is 8.52. The summed E-state index contributed by atoms with van der Waals surface area (Å²) in [4.78, 5) is 29.8. The molecular weight excluding hydrogens is 414 g/mol. The number of amides is 2. The Hall–Kier alpha value is -3.80. The Morgan fingerprint density at radius 2 is 1.52 bits per heavy atom. The van der Waals surface area contributed by atoms with Crippen molar-refractivity contribution in [3.63, 3.8) is 0 Å². The lowest BCUT2D eigenvalue weighted by molar-refractivity contribution is -0.122. The number of hydrogen-bond acceptors (Lipinski definition) is 4. The SMILES string of the molecule is O=C(Nc1ccccc1Oc1ccccc1)C1CC(=O)N(c2ccc(N3CCCC3)cc2)C1. The van der Waals surface area contributed by atoms with E-state index in [9.17, 15) is 9.59 Å². The molecule has 6 heteroatoms. The van der Waals surface area contributed by atoms with Crippen LogP contribution >= 0.6 is 0 Å². The molecule has 1 N–H and O–H groups in total. The first-order chi connectivity index (χ1) is 16.2. The molecule has 2 aliphatic heterocycles. The van der Waals surface area contributed by atoms with E-state index in [1.165, 1.54) is 18.5 Å². The Kier molecular flexibility index (Phi) is 5.98. The van der Waals surface area contributed by atoms with Gasteiger partial charge in [0, 0.05) is 37.4 Å². The highest BCUT2D eigenvalue weighted by Gasteiger charge is 2.35. The summed E-state index contributed by atoms with van der Waals surface area (Å²) in [7, 11) is 0. The molecule has 168 valence electrons. The third kappa shape index (κ3) is 4.70. The molecule has 2 amide bonds. The zero-order chi connectivity index (χ0) is 22.6. The van der Waals surface area contributed by atoms with Crippen LogP contribution in [0.15, 0.2) is 78.9 Å². The average Bonchev–Trinajstić information content (AvgIpc) is 3.51. The molecule has 1 unspecified atom stereocenters. The van der Waals surface area contributed by atoms with E-state index in [0.717, 1.165) is 18.8 Å². The van der Waals surface area contributed by atoms with Gasteiger partial charge in [0.15, 0.2) is 5.75 Å². The zero-order valence-corrected chi connectivity index (χ0v) is 18.4. The number of ether oxygens (including phenoxy) is 1. The molecule has 0 aliphatic carbocycles. The standard InChI is InChI=1S/C27H27N3O3/c31-26-18-20(19-30(26)22-14-12-21(13-15-22)29-16-6-7-17-29)27(32)28-24-10-4-5-11-25(24)33-23-8-2-1-3-9-23/h1-5,8-15,20H,6-7,16-19H2,(H,28,32). The molecule has 2 saturated heterocycles. The number of nitrogens with zero attached hydrogens (tertiary/aromatic N) is 2. The lowest BCUT2D eigenvalue weighted by Gasteiger charge is -2.21. The number of hydrogen-bond donors (Lipinski definition) is 1. The minimum Gasteiger partial charge on any atom is -0.455 e. The van der Waals surface area contributed by atoms with Crippen molar-refractivity contribution in [3.8, 4) is 11.5 Å². The lowest BCUT2D eigenvalue weighted by atomic mass is 10.1. The smallest absolute Gasteiger partial charge is 0.229 e. The van der Waals surface area contributed by atoms with Gasteiger partial charge in [0.05, 0.1) is 11.6 Å². The Bertz CT molecular complexity index is 1120. The van der Waals surface area contributed by atoms with Crippen molar-refractivity contribution in [1.29, 1.82) is 0 Å². The summed E-state index contributed by atoms with van der Waals surface area (Å²) < 4.78 is 5.94. The van der Waals surface area contributed by atoms with E-state index in [4.69, 9.17) is 4.74 Å². The molecule has 33 heavy (non-hydrogen) atoms. The molecule has 2 fully saturated rings. The molecule has 3 aromatic carbocycles. The molecule has 6 nitrogen and oxygen atoms in total. The zero-order valence-electron chi connectivity index (χ0n) is 18.4. The Labute approximate surface area is 193 Å². The Balaban J connectivity index is 1.25. The Morgan fingerprint density at radius 3 is 2.27 bits per heavy atom. The van der Waals surface area contributed by atoms with Gasteiger partial charge in [-0.25, -0.2) is 0 Å². The maximum absolute atomic E-state index is 13.0. The van der Waals surface area contributed by atoms with E-state index in [1.54, 1.807) is 4.90 Å². The van der Waals surface area contributed by atoms with Crippen LogP contribution < -0.4 is 19.9 Å². The maximum atomic E-state index is 13.0. The van der Waals surface area contributed by atoms with Crippen LogP contribution in [0.2, 0.25) is 0 Å². The number of benzene rings is 3. The number of carbonyl (C=O) groups excluding carboxylic acids is 2. The van der Waals surface area contributed by atoms with E-state index in [0.29, 0.717) is 23.7 Å². The topological polar surface area (TPSA) is 61.9 Å². The average molecular weight is 442 g/mol. The molecule has 0 bridgehead atoms. The summed E-state index contributed by atoms with van der Waals surface area (Å²) in [5, 5.41) is 2.96. The van der Waals surface area contributed by atoms with Crippen molar-refractivity contribution in [2.45, 2.75) is 19.3 Å². The normalized spacial score (nSPS) is 17.9. The van der Waals surface area contributed by atoms with Crippen molar-refractivity contribution >= 4 is 28.9 Å². The molecule has 2 aliphatic rings. The molecule has 5 rings (SSSR count). The summed E-state index contributed by atoms with van der Waals surface area (Å²) in [6.07, 6.45) is 2.65. The number of carbonyl (C=O) groups is 2. The third-order valence-electron chi connectivity index (χ3n) is 6.24. The summed E-state index contributed by atoms with van der Waals surface area (Å²) in [5.74, 6) is 0.636. The van der Waals surface area contributed by atoms with Crippen LogP contribution in [0.3, 0.4) is 0 Å². The van der Waals surface area contributed by atoms with E-state index in [-0.39, 0.29) is 18.2 Å². The van der Waals surface area contributed by atoms with Crippen LogP contribution in [0.1, 0.15) is 19.3 Å². The van der Waals surface area contributed by atoms with E-state index in [2.05, 4.69) is 22.3 Å². The molecule has 0 saturated carbocycles. The van der Waals surface area contributed by atoms with Gasteiger partial charge < -0.3 is 19.9 Å². The fourth-order valence-corrected chi connectivity index (χ4v) is 4.46. The van der Waals surface area contributed by atoms with Gasteiger partial charge in [-0.05, 0) is 61.4 Å². The fourth-order valence-electron chi connectivity index (χ4n) is 4.46. The lowest BCUT2D eigenvalue weighted by Crippen LogP contribution is -2.28. The minimum absolute atomic E-state index is 0.0297. The van der Waals surface area contributed by atoms with Crippen molar-refractivity contribution in [2.24, 2.45) is 5.92 Å². The van der Waals surface area contributed by atoms with Gasteiger partial charge in [-0.15, -0.1) is 0 Å². The highest BCUT2D eigenvalue weighted by molar-refractivity contribution is 6.04. The molecule has 1 atom stereocenters. The predicted molar refractivity (Wildman–Crippen MR) is 130 cm³/mol. The predicted octanol–water partition coefficient (Wildman–Crippen LogP) is 5.07. The van der Waals surface area contributed by atoms with Gasteiger partial charge in [0.2, 0.25) is 11.8 Å². The molecular formula is C27H27N3O3. The van der Waals surface area contributed by atoms with E-state index >= 15 is 0 Å². The first kappa shape index (κ1) is 21.1. The highest BCUT2D eigenvalue weighted by Crippen LogP contribution is 2.32. The summed E-state index contributed by atoms with van der Waals surface area (Å²) in [6.45, 7) is 2.54. The summed E-state index contributed by atoms with van der Waals surface area (Å²) in [6, 6.07) is 24.9. The minimum atomic E-state index is -0.416. The number of rotatable bonds is 6. The van der Waals surface area contributed by atoms with E-state index < -0.39 is 5.92 Å². The third-order valence-corrected chi connectivity index (χ3v) is 6.24. The van der Waals surface area contributed by atoms with Crippen LogP contribution in [0, 0.1) is 5.92 Å². The van der Waals surface area contributed by atoms with Gasteiger partial charge in [0.25, 0.3) is 0 Å². The van der Waals surface area contributed by atoms with E-state index in [1.807, 2.05) is 66.7 Å². The second-order valence-electron chi connectivity index (χ2n) is 8.52. The largest absolute Gasteiger partial charge is 0.455 e. The van der Waals surface area contributed by atoms with Crippen LogP contribution in [-0.2, 0) is 9.59 Å². The van der Waals surface area contributed by atoms with Gasteiger partial charge in [-0.3, -0.25) is 9.59 Å².